The highest BCUT2D eigenvalue weighted by molar-refractivity contribution is 14.1. The monoisotopic (exact) mass is 1970 g/mol. The molecule has 0 aromatic rings. The molecule has 0 unspecified atom stereocenters. The third kappa shape index (κ3) is 106. The van der Waals surface area contributed by atoms with Gasteiger partial charge in [0, 0.05) is 157 Å². The Kier molecular flexibility index (Phi) is 67.6. The number of halogens is 2. The lowest BCUT2D eigenvalue weighted by Crippen LogP contribution is -3.00. The SMILES string of the molecule is CC(C)(C)OC(=O)NCCN(CCNC(=O)OC(C)(C)C)CCNC(=O)OC(C)(C)C.CC(C)(C)OC(=O)NCCN(CCNC(=O)OC(C)(C)C)CCNC(=O)OC(C)(C)C.CC(C)(C)OC(=O)NCCN(CCNC(=O)OC(C)(C)C)CCNC(=O)OC(C)(C)C.CC(C)(C)OC(=O)OC(=O)OC(C)(C)C.CI.NCCN(CCN)CCN.[I-]. The van der Waals surface area contributed by atoms with Gasteiger partial charge in [0.1, 0.15) is 61.6 Å². The van der Waals surface area contributed by atoms with Gasteiger partial charge >= 0.3 is 67.1 Å². The fraction of sp³-hybridized carbons (Fsp3) is 0.863. The summed E-state index contributed by atoms with van der Waals surface area (Å²) in [4.78, 5) is 138. The lowest BCUT2D eigenvalue weighted by atomic mass is 10.2. The zero-order chi connectivity index (χ0) is 95.0. The Hall–Kier alpha value is -6.65. The Bertz CT molecular complexity index is 2350. The fourth-order valence-electron chi connectivity index (χ4n) is 8.17. The molecule has 9 amide bonds. The first-order valence-electron chi connectivity index (χ1n) is 40.5. The first kappa shape index (κ1) is 127. The molecule has 121 heavy (non-hydrogen) atoms. The third-order valence-electron chi connectivity index (χ3n) is 12.1. The van der Waals surface area contributed by atoms with Gasteiger partial charge in [-0.3, -0.25) is 19.6 Å². The molecule has 0 rings (SSSR count). The van der Waals surface area contributed by atoms with Crippen LogP contribution in [0.15, 0.2) is 0 Å². The third-order valence-corrected chi connectivity index (χ3v) is 12.1. The normalized spacial score (nSPS) is 11.8. The molecule has 39 nitrogen and oxygen atoms in total. The highest BCUT2D eigenvalue weighted by atomic mass is 127. The molecule has 0 aliphatic carbocycles. The van der Waals surface area contributed by atoms with Crippen LogP contribution in [0.5, 0.6) is 0 Å². The molecule has 0 fully saturated rings. The zero-order valence-corrected chi connectivity index (χ0v) is 84.5. The molecule has 0 radical (unpaired) electrons. The van der Waals surface area contributed by atoms with Crippen LogP contribution in [0.2, 0.25) is 0 Å². The summed E-state index contributed by atoms with van der Waals surface area (Å²) in [6, 6.07) is 0. The van der Waals surface area contributed by atoms with Gasteiger partial charge in [0.2, 0.25) is 0 Å². The number of hydrogen-bond acceptors (Lipinski definition) is 30. The van der Waals surface area contributed by atoms with E-state index in [1.165, 1.54) is 0 Å². The van der Waals surface area contributed by atoms with Gasteiger partial charge in [-0.15, -0.1) is 0 Å². The van der Waals surface area contributed by atoms with E-state index in [0.717, 1.165) is 19.6 Å². The van der Waals surface area contributed by atoms with Crippen molar-refractivity contribution in [1.29, 1.82) is 0 Å². The Morgan fingerprint density at radius 3 is 0.397 bits per heavy atom. The van der Waals surface area contributed by atoms with E-state index >= 15 is 0 Å². The summed E-state index contributed by atoms with van der Waals surface area (Å²) in [6.07, 6.45) is -6.57. The average Bonchev–Trinajstić information content (AvgIpc) is 0.891. The molecular formula is C80H165I2N16O23-. The zero-order valence-electron chi connectivity index (χ0n) is 80.1. The highest BCUT2D eigenvalue weighted by Crippen LogP contribution is 2.15. The van der Waals surface area contributed by atoms with Crippen LogP contribution < -0.4 is 89.0 Å². The maximum atomic E-state index is 11.8. The fourth-order valence-corrected chi connectivity index (χ4v) is 8.17. The number of amides is 9. The van der Waals surface area contributed by atoms with Gasteiger partial charge in [0.05, 0.1) is 0 Å². The second-order valence-corrected chi connectivity index (χ2v) is 37.6. The molecule has 0 atom stereocenters. The van der Waals surface area contributed by atoms with Crippen LogP contribution in [0.4, 0.5) is 52.7 Å². The molecule has 0 bridgehead atoms. The molecule has 0 aliphatic heterocycles. The van der Waals surface area contributed by atoms with Gasteiger partial charge in [-0.2, -0.15) is 0 Å². The van der Waals surface area contributed by atoms with E-state index in [4.69, 9.17) is 69.3 Å². The van der Waals surface area contributed by atoms with Crippen molar-refractivity contribution in [2.24, 2.45) is 17.2 Å². The molecule has 0 saturated heterocycles. The standard InChI is InChI=1S/3C21H42N4O6.C10H18O5.C6H18N4.CH3I.HI/c3*1-19(2,3)29-16(26)22-10-13-25(14-11-23-17(27)30-20(4,5)6)15-12-24-18(28)31-21(7,8)9;1-9(2,3)14-7(11)13-8(12)15-10(4,5)6;7-1-4-10(5-2-8)6-3-9;1-2;/h3*10-15H2,1-9H3,(H,22,26)(H,23,27)(H,24,28);1-6H3;1-9H2;1H3;1H/p-1. The lowest BCUT2D eigenvalue weighted by molar-refractivity contribution is -0.0297. The van der Waals surface area contributed by atoms with Crippen molar-refractivity contribution in [2.75, 3.05) is 162 Å². The number of rotatable bonds is 33. The van der Waals surface area contributed by atoms with Crippen LogP contribution in [0, 0.1) is 0 Å². The highest BCUT2D eigenvalue weighted by Gasteiger charge is 2.27. The minimum Gasteiger partial charge on any atom is -1.00 e. The summed E-state index contributed by atoms with van der Waals surface area (Å²) < 4.78 is 60.8. The second-order valence-electron chi connectivity index (χ2n) is 37.6. The number of hydrogen-bond donors (Lipinski definition) is 12. The average molecular weight is 1970 g/mol. The molecule has 0 heterocycles. The number of alkyl halides is 1. The summed E-state index contributed by atoms with van der Waals surface area (Å²) >= 11 is 2.15. The second kappa shape index (κ2) is 64.1. The number of nitrogens with one attached hydrogen (secondary N) is 9. The van der Waals surface area contributed by atoms with Crippen molar-refractivity contribution < 1.29 is 134 Å². The topological polar surface area (TPSA) is 498 Å². The summed E-state index contributed by atoms with van der Waals surface area (Å²) in [7, 11) is 0. The predicted octanol–water partition coefficient (Wildman–Crippen LogP) is 7.68. The summed E-state index contributed by atoms with van der Waals surface area (Å²) in [6.45, 7) is 71.0. The van der Waals surface area contributed by atoms with E-state index in [0.29, 0.717) is 137 Å². The number of nitrogens with two attached hydrogens (primary N) is 3. The molecule has 0 spiro atoms. The van der Waals surface area contributed by atoms with Crippen LogP contribution in [-0.2, 0) is 56.8 Å². The largest absolute Gasteiger partial charge is 1.00 e. The maximum Gasteiger partial charge on any atom is 0.519 e. The lowest BCUT2D eigenvalue weighted by Gasteiger charge is -2.25. The number of alkyl carbamates (subject to hydrolysis) is 9. The molecule has 0 saturated carbocycles. The van der Waals surface area contributed by atoms with Crippen LogP contribution in [-0.4, -0.2) is 310 Å². The van der Waals surface area contributed by atoms with Crippen molar-refractivity contribution in [3.8, 4) is 0 Å². The minimum atomic E-state index is -1.06. The van der Waals surface area contributed by atoms with Gasteiger partial charge < -0.3 is 146 Å². The van der Waals surface area contributed by atoms with E-state index in [-0.39, 0.29) is 24.0 Å². The van der Waals surface area contributed by atoms with E-state index in [9.17, 15) is 52.7 Å². The maximum absolute atomic E-state index is 11.8. The number of carbonyl (C=O) groups excluding carboxylic acids is 11. The van der Waals surface area contributed by atoms with Crippen molar-refractivity contribution in [3.05, 3.63) is 0 Å². The minimum absolute atomic E-state index is 0. The molecule has 41 heteroatoms. The van der Waals surface area contributed by atoms with Crippen molar-refractivity contribution in [3.63, 3.8) is 0 Å². The number of ether oxygens (including phenoxy) is 12. The van der Waals surface area contributed by atoms with Crippen molar-refractivity contribution >= 4 is 89.7 Å². The van der Waals surface area contributed by atoms with Gasteiger partial charge in [-0.05, 0) is 233 Å². The predicted molar refractivity (Wildman–Crippen MR) is 475 cm³/mol. The van der Waals surface area contributed by atoms with Gasteiger partial charge in [-0.1, -0.05) is 22.6 Å². The van der Waals surface area contributed by atoms with Gasteiger partial charge in [0.15, 0.2) is 0 Å². The quantitative estimate of drug-likeness (QED) is 0.00985. The van der Waals surface area contributed by atoms with Crippen molar-refractivity contribution in [2.45, 2.75) is 290 Å². The van der Waals surface area contributed by atoms with Crippen LogP contribution in [0.3, 0.4) is 0 Å². The van der Waals surface area contributed by atoms with E-state index in [2.05, 4.69) is 80.1 Å². The van der Waals surface area contributed by atoms with Gasteiger partial charge in [-0.25, -0.2) is 52.7 Å². The Labute approximate surface area is 755 Å². The summed E-state index contributed by atoms with van der Waals surface area (Å²) in [5, 5.41) is 24.3. The molecule has 0 aliphatic rings. The first-order valence-corrected chi connectivity index (χ1v) is 42.6. The number of carbonyl (C=O) groups is 11. The number of nitrogens with zero attached hydrogens (tertiary/aromatic N) is 4. The van der Waals surface area contributed by atoms with Crippen LogP contribution in [0.25, 0.3) is 0 Å². The van der Waals surface area contributed by atoms with Gasteiger partial charge in [0.25, 0.3) is 0 Å². The van der Waals surface area contributed by atoms with E-state index < -0.39 is 129 Å². The van der Waals surface area contributed by atoms with E-state index in [1.807, 2.05) is 19.6 Å². The Morgan fingerprint density at radius 1 is 0.207 bits per heavy atom. The Balaban J connectivity index is -0.000000279. The first-order chi connectivity index (χ1) is 54.2. The smallest absolute Gasteiger partial charge is 0.519 e. The Morgan fingerprint density at radius 2 is 0.306 bits per heavy atom. The summed E-state index contributed by atoms with van der Waals surface area (Å²) in [5.41, 5.74) is 9.57. The molecule has 0 aromatic heterocycles. The molecular weight excluding hydrogens is 1810 g/mol. The molecule has 0 aromatic carbocycles. The summed E-state index contributed by atoms with van der Waals surface area (Å²) in [5.74, 6) is 0. The van der Waals surface area contributed by atoms with Crippen LogP contribution in [0.1, 0.15) is 228 Å². The molecule has 718 valence electrons. The van der Waals surface area contributed by atoms with Crippen molar-refractivity contribution in [1.82, 2.24) is 67.5 Å². The molecule has 15 N–H and O–H groups in total. The van der Waals surface area contributed by atoms with E-state index in [1.54, 1.807) is 228 Å². The van der Waals surface area contributed by atoms with Crippen LogP contribution >= 0.6 is 22.6 Å².